The molecule has 0 atom stereocenters. The van der Waals surface area contributed by atoms with Crippen molar-refractivity contribution < 1.29 is 9.66 Å². The maximum Gasteiger partial charge on any atom is 0.269 e. The predicted molar refractivity (Wildman–Crippen MR) is 66.9 cm³/mol. The van der Waals surface area contributed by atoms with Crippen molar-refractivity contribution in [2.45, 2.75) is 4.90 Å². The average molecular weight is 247 g/mol. The van der Waals surface area contributed by atoms with Gasteiger partial charge in [0.15, 0.2) is 0 Å². The lowest BCUT2D eigenvalue weighted by Gasteiger charge is -2.05. The lowest BCUT2D eigenvalue weighted by Crippen LogP contribution is -1.88. The monoisotopic (exact) mass is 247 g/mol. The van der Waals surface area contributed by atoms with E-state index in [1.165, 1.54) is 12.1 Å². The topological polar surface area (TPSA) is 52.4 Å². The fraction of sp³-hybridized carbons (Fsp3) is 0. The van der Waals surface area contributed by atoms with Gasteiger partial charge in [-0.25, -0.2) is 0 Å². The van der Waals surface area contributed by atoms with E-state index in [0.717, 1.165) is 4.90 Å². The summed E-state index contributed by atoms with van der Waals surface area (Å²) in [5, 5.41) is 10.5. The molecule has 17 heavy (non-hydrogen) atoms. The van der Waals surface area contributed by atoms with Crippen LogP contribution >= 0.6 is 12.6 Å². The quantitative estimate of drug-likeness (QED) is 0.511. The van der Waals surface area contributed by atoms with Gasteiger partial charge in [-0.05, 0) is 30.3 Å². The van der Waals surface area contributed by atoms with E-state index in [2.05, 4.69) is 12.6 Å². The minimum absolute atomic E-state index is 0.0419. The molecule has 0 bridgehead atoms. The van der Waals surface area contributed by atoms with Crippen LogP contribution in [0.2, 0.25) is 0 Å². The zero-order chi connectivity index (χ0) is 12.3. The van der Waals surface area contributed by atoms with E-state index in [4.69, 9.17) is 4.74 Å². The van der Waals surface area contributed by atoms with Crippen molar-refractivity contribution in [1.29, 1.82) is 0 Å². The minimum atomic E-state index is -0.446. The highest BCUT2D eigenvalue weighted by Crippen LogP contribution is 2.25. The first kappa shape index (κ1) is 11.5. The van der Waals surface area contributed by atoms with Gasteiger partial charge < -0.3 is 4.74 Å². The van der Waals surface area contributed by atoms with Crippen LogP contribution in [0.3, 0.4) is 0 Å². The number of rotatable bonds is 3. The van der Waals surface area contributed by atoms with Crippen molar-refractivity contribution in [3.63, 3.8) is 0 Å². The Balaban J connectivity index is 2.16. The highest BCUT2D eigenvalue weighted by molar-refractivity contribution is 7.80. The molecule has 0 aliphatic heterocycles. The van der Waals surface area contributed by atoms with Crippen LogP contribution in [0.1, 0.15) is 0 Å². The Kier molecular flexibility index (Phi) is 3.30. The SMILES string of the molecule is O=[N+]([O-])c1ccc(Oc2cccc(S)c2)cc1. The van der Waals surface area contributed by atoms with Gasteiger partial charge in [-0.3, -0.25) is 10.1 Å². The number of thiol groups is 1. The van der Waals surface area contributed by atoms with Gasteiger partial charge in [0.2, 0.25) is 0 Å². The smallest absolute Gasteiger partial charge is 0.269 e. The second kappa shape index (κ2) is 4.88. The summed E-state index contributed by atoms with van der Waals surface area (Å²) in [7, 11) is 0. The van der Waals surface area contributed by atoms with Crippen molar-refractivity contribution in [3.05, 3.63) is 58.6 Å². The molecule has 86 valence electrons. The summed E-state index contributed by atoms with van der Waals surface area (Å²) in [4.78, 5) is 10.8. The van der Waals surface area contributed by atoms with E-state index in [-0.39, 0.29) is 5.69 Å². The molecule has 5 heteroatoms. The van der Waals surface area contributed by atoms with Gasteiger partial charge in [-0.15, -0.1) is 12.6 Å². The van der Waals surface area contributed by atoms with E-state index < -0.39 is 4.92 Å². The zero-order valence-electron chi connectivity index (χ0n) is 8.74. The molecule has 0 fully saturated rings. The number of non-ortho nitro benzene ring substituents is 1. The summed E-state index contributed by atoms with van der Waals surface area (Å²) in [6.07, 6.45) is 0. The second-order valence-corrected chi connectivity index (χ2v) is 3.87. The molecular weight excluding hydrogens is 238 g/mol. The zero-order valence-corrected chi connectivity index (χ0v) is 9.63. The third kappa shape index (κ3) is 2.98. The fourth-order valence-electron chi connectivity index (χ4n) is 1.32. The Labute approximate surface area is 103 Å². The number of hydrogen-bond acceptors (Lipinski definition) is 4. The lowest BCUT2D eigenvalue weighted by atomic mass is 10.3. The molecule has 0 saturated carbocycles. The maximum absolute atomic E-state index is 10.5. The van der Waals surface area contributed by atoms with Crippen molar-refractivity contribution >= 4 is 18.3 Å². The molecule has 0 radical (unpaired) electrons. The number of nitro benzene ring substituents is 1. The highest BCUT2D eigenvalue weighted by Gasteiger charge is 2.04. The Morgan fingerprint density at radius 3 is 2.35 bits per heavy atom. The highest BCUT2D eigenvalue weighted by atomic mass is 32.1. The predicted octanol–water partition coefficient (Wildman–Crippen LogP) is 3.68. The standard InChI is InChI=1S/C12H9NO3S/c14-13(15)9-4-6-10(7-5-9)16-11-2-1-3-12(17)8-11/h1-8,17H. The molecule has 0 aliphatic rings. The lowest BCUT2D eigenvalue weighted by molar-refractivity contribution is -0.384. The summed E-state index contributed by atoms with van der Waals surface area (Å²) in [5.74, 6) is 1.20. The number of ether oxygens (including phenoxy) is 1. The summed E-state index contributed by atoms with van der Waals surface area (Å²) in [5.41, 5.74) is 0.0419. The summed E-state index contributed by atoms with van der Waals surface area (Å²) in [6, 6.07) is 13.1. The molecule has 2 rings (SSSR count). The molecule has 2 aromatic rings. The van der Waals surface area contributed by atoms with E-state index in [1.807, 2.05) is 12.1 Å². The normalized spacial score (nSPS) is 9.94. The molecule has 0 saturated heterocycles. The van der Waals surface area contributed by atoms with Gasteiger partial charge in [0.25, 0.3) is 5.69 Å². The third-order valence-electron chi connectivity index (χ3n) is 2.10. The van der Waals surface area contributed by atoms with Crippen LogP contribution in [0.25, 0.3) is 0 Å². The minimum Gasteiger partial charge on any atom is -0.457 e. The molecule has 0 unspecified atom stereocenters. The summed E-state index contributed by atoms with van der Waals surface area (Å²) >= 11 is 4.19. The molecule has 0 spiro atoms. The van der Waals surface area contributed by atoms with E-state index >= 15 is 0 Å². The van der Waals surface area contributed by atoms with Crippen LogP contribution in [0.4, 0.5) is 5.69 Å². The van der Waals surface area contributed by atoms with Crippen LogP contribution in [0.15, 0.2) is 53.4 Å². The van der Waals surface area contributed by atoms with Crippen LogP contribution in [0.5, 0.6) is 11.5 Å². The summed E-state index contributed by atoms with van der Waals surface area (Å²) < 4.78 is 5.52. The molecule has 0 heterocycles. The van der Waals surface area contributed by atoms with Crippen LogP contribution in [-0.2, 0) is 0 Å². The van der Waals surface area contributed by atoms with Crippen molar-refractivity contribution in [3.8, 4) is 11.5 Å². The Morgan fingerprint density at radius 2 is 1.76 bits per heavy atom. The van der Waals surface area contributed by atoms with Gasteiger partial charge in [-0.2, -0.15) is 0 Å². The van der Waals surface area contributed by atoms with Crippen LogP contribution < -0.4 is 4.74 Å². The average Bonchev–Trinajstić information content (AvgIpc) is 2.29. The largest absolute Gasteiger partial charge is 0.457 e. The molecular formula is C12H9NO3S. The number of nitrogens with zero attached hydrogens (tertiary/aromatic N) is 1. The molecule has 0 amide bonds. The summed E-state index contributed by atoms with van der Waals surface area (Å²) in [6.45, 7) is 0. The van der Waals surface area contributed by atoms with Gasteiger partial charge in [0.05, 0.1) is 4.92 Å². The van der Waals surface area contributed by atoms with E-state index in [1.54, 1.807) is 24.3 Å². The maximum atomic E-state index is 10.5. The number of benzene rings is 2. The van der Waals surface area contributed by atoms with Gasteiger partial charge >= 0.3 is 0 Å². The van der Waals surface area contributed by atoms with Crippen LogP contribution in [0, 0.1) is 10.1 Å². The number of nitro groups is 1. The Bertz CT molecular complexity index is 540. The van der Waals surface area contributed by atoms with E-state index in [9.17, 15) is 10.1 Å². The molecule has 2 aromatic carbocycles. The van der Waals surface area contributed by atoms with E-state index in [0.29, 0.717) is 11.5 Å². The van der Waals surface area contributed by atoms with Crippen molar-refractivity contribution in [2.75, 3.05) is 0 Å². The van der Waals surface area contributed by atoms with Crippen LogP contribution in [-0.4, -0.2) is 4.92 Å². The Hall–Kier alpha value is -2.01. The number of hydrogen-bond donors (Lipinski definition) is 1. The van der Waals surface area contributed by atoms with Gasteiger partial charge in [0.1, 0.15) is 11.5 Å². The molecule has 0 aliphatic carbocycles. The molecule has 4 nitrogen and oxygen atoms in total. The first-order valence-electron chi connectivity index (χ1n) is 4.86. The molecule has 0 aromatic heterocycles. The Morgan fingerprint density at radius 1 is 1.06 bits per heavy atom. The van der Waals surface area contributed by atoms with Gasteiger partial charge in [0, 0.05) is 17.0 Å². The first-order chi connectivity index (χ1) is 8.15. The first-order valence-corrected chi connectivity index (χ1v) is 5.31. The van der Waals surface area contributed by atoms with Gasteiger partial charge in [-0.1, -0.05) is 6.07 Å². The fourth-order valence-corrected chi connectivity index (χ4v) is 1.53. The second-order valence-electron chi connectivity index (χ2n) is 3.35. The molecule has 0 N–H and O–H groups in total. The van der Waals surface area contributed by atoms with Crippen molar-refractivity contribution in [1.82, 2.24) is 0 Å². The van der Waals surface area contributed by atoms with Crippen molar-refractivity contribution in [2.24, 2.45) is 0 Å². The third-order valence-corrected chi connectivity index (χ3v) is 2.38.